The van der Waals surface area contributed by atoms with Gasteiger partial charge in [-0.15, -0.1) is 6.42 Å². The van der Waals surface area contributed by atoms with Crippen LogP contribution in [-0.4, -0.2) is 35.1 Å². The van der Waals surface area contributed by atoms with Crippen molar-refractivity contribution in [3.05, 3.63) is 77.9 Å². The van der Waals surface area contributed by atoms with Gasteiger partial charge in [0.25, 0.3) is 5.91 Å². The number of imidazole rings is 1. The second-order valence-electron chi connectivity index (χ2n) is 6.95. The van der Waals surface area contributed by atoms with Crippen LogP contribution >= 0.6 is 0 Å². The Bertz CT molecular complexity index is 1210. The summed E-state index contributed by atoms with van der Waals surface area (Å²) in [7, 11) is 3.37. The van der Waals surface area contributed by atoms with Gasteiger partial charge in [0.05, 0.1) is 36.9 Å². The number of aromatic nitrogens is 2. The van der Waals surface area contributed by atoms with E-state index in [-0.39, 0.29) is 18.4 Å². The molecule has 0 atom stereocenters. The number of nitrogens with one attached hydrogen (secondary N) is 2. The molecule has 3 aromatic rings. The number of amides is 2. The summed E-state index contributed by atoms with van der Waals surface area (Å²) < 4.78 is 12.5. The highest BCUT2D eigenvalue weighted by Crippen LogP contribution is 2.28. The second kappa shape index (κ2) is 11.2. The third kappa shape index (κ3) is 6.24. The average molecular weight is 444 g/mol. The summed E-state index contributed by atoms with van der Waals surface area (Å²) in [5, 5.41) is 5.59. The summed E-state index contributed by atoms with van der Waals surface area (Å²) in [4.78, 5) is 29.2. The van der Waals surface area contributed by atoms with Gasteiger partial charge in [-0.1, -0.05) is 24.1 Å². The minimum absolute atomic E-state index is 0.128. The maximum absolute atomic E-state index is 12.7. The molecule has 0 saturated heterocycles. The number of hydrogen-bond donors (Lipinski definition) is 2. The fourth-order valence-electron chi connectivity index (χ4n) is 2.98. The van der Waals surface area contributed by atoms with Crippen LogP contribution in [0.25, 0.3) is 6.08 Å². The summed E-state index contributed by atoms with van der Waals surface area (Å²) in [6.45, 7) is 0.448. The highest BCUT2D eigenvalue weighted by Gasteiger charge is 2.13. The number of ether oxygens (including phenoxy) is 2. The lowest BCUT2D eigenvalue weighted by atomic mass is 10.1. The molecule has 2 N–H and O–H groups in total. The molecule has 2 aromatic carbocycles. The highest BCUT2D eigenvalue weighted by molar-refractivity contribution is 6.07. The van der Waals surface area contributed by atoms with Crippen molar-refractivity contribution in [1.82, 2.24) is 14.9 Å². The molecule has 0 fully saturated rings. The molecular formula is C25H24N4O4. The van der Waals surface area contributed by atoms with Gasteiger partial charge in [0.2, 0.25) is 5.91 Å². The summed E-state index contributed by atoms with van der Waals surface area (Å²) in [5.74, 6) is 2.73. The van der Waals surface area contributed by atoms with Crippen LogP contribution in [0.3, 0.4) is 0 Å². The Kier molecular flexibility index (Phi) is 7.86. The Labute approximate surface area is 192 Å². The standard InChI is InChI=1S/C25H24N4O4/c1-4-13-33-22-11-9-18(14-23(22)32-3)10-12-24(30)28-21-8-6-5-7-20(21)25(31)27-16-19-15-26-17-29(19)2/h1,5-12,14-15,17H,13,16H2,2-3H3,(H,27,31)(H,28,30). The molecule has 8 nitrogen and oxygen atoms in total. The quantitative estimate of drug-likeness (QED) is 0.391. The van der Waals surface area contributed by atoms with Crippen LogP contribution in [0.1, 0.15) is 21.6 Å². The summed E-state index contributed by atoms with van der Waals surface area (Å²) in [6.07, 6.45) is 11.6. The van der Waals surface area contributed by atoms with E-state index in [0.29, 0.717) is 29.3 Å². The average Bonchev–Trinajstić information content (AvgIpc) is 3.25. The van der Waals surface area contributed by atoms with Crippen molar-refractivity contribution in [3.8, 4) is 23.8 Å². The van der Waals surface area contributed by atoms with Crippen LogP contribution in [-0.2, 0) is 18.4 Å². The van der Waals surface area contributed by atoms with Crippen LogP contribution in [0.2, 0.25) is 0 Å². The topological polar surface area (TPSA) is 94.5 Å². The molecule has 1 aromatic heterocycles. The molecule has 0 aliphatic heterocycles. The van der Waals surface area contributed by atoms with E-state index >= 15 is 0 Å². The van der Waals surface area contributed by atoms with Gasteiger partial charge in [-0.3, -0.25) is 9.59 Å². The number of nitrogens with zero attached hydrogens (tertiary/aromatic N) is 2. The fourth-order valence-corrected chi connectivity index (χ4v) is 2.98. The number of anilines is 1. The summed E-state index contributed by atoms with van der Waals surface area (Å²) in [6, 6.07) is 12.0. The first kappa shape index (κ1) is 23.2. The fraction of sp³-hybridized carbons (Fsp3) is 0.160. The Hall–Kier alpha value is -4.51. The van der Waals surface area contributed by atoms with Crippen LogP contribution in [0, 0.1) is 12.3 Å². The number of hydrogen-bond acceptors (Lipinski definition) is 5. The zero-order chi connectivity index (χ0) is 23.6. The number of terminal acetylenes is 1. The van der Waals surface area contributed by atoms with Crippen LogP contribution < -0.4 is 20.1 Å². The molecule has 1 heterocycles. The van der Waals surface area contributed by atoms with Crippen LogP contribution in [0.5, 0.6) is 11.5 Å². The van der Waals surface area contributed by atoms with E-state index in [1.807, 2.05) is 11.6 Å². The molecule has 168 valence electrons. The molecule has 0 radical (unpaired) electrons. The van der Waals surface area contributed by atoms with E-state index in [4.69, 9.17) is 15.9 Å². The number of carbonyl (C=O) groups excluding carboxylic acids is 2. The predicted molar refractivity (Wildman–Crippen MR) is 126 cm³/mol. The summed E-state index contributed by atoms with van der Waals surface area (Å²) >= 11 is 0. The molecule has 0 saturated carbocycles. The van der Waals surface area contributed by atoms with Crippen molar-refractivity contribution in [2.24, 2.45) is 7.05 Å². The highest BCUT2D eigenvalue weighted by atomic mass is 16.5. The summed E-state index contributed by atoms with van der Waals surface area (Å²) in [5.41, 5.74) is 2.36. The first-order valence-electron chi connectivity index (χ1n) is 10.1. The molecule has 2 amide bonds. The molecule has 0 spiro atoms. The lowest BCUT2D eigenvalue weighted by molar-refractivity contribution is -0.111. The van der Waals surface area contributed by atoms with Crippen molar-refractivity contribution in [1.29, 1.82) is 0 Å². The monoisotopic (exact) mass is 444 g/mol. The first-order chi connectivity index (χ1) is 16.0. The molecule has 8 heteroatoms. The Morgan fingerprint density at radius 3 is 2.76 bits per heavy atom. The van der Waals surface area contributed by atoms with E-state index in [1.165, 1.54) is 13.2 Å². The first-order valence-corrected chi connectivity index (χ1v) is 10.1. The van der Waals surface area contributed by atoms with Gasteiger partial charge in [-0.05, 0) is 35.9 Å². The number of carbonyl (C=O) groups is 2. The molecule has 0 bridgehead atoms. The minimum Gasteiger partial charge on any atom is -0.493 e. The zero-order valence-electron chi connectivity index (χ0n) is 18.4. The molecule has 0 aliphatic rings. The van der Waals surface area contributed by atoms with Gasteiger partial charge in [0.1, 0.15) is 6.61 Å². The Balaban J connectivity index is 1.66. The second-order valence-corrected chi connectivity index (χ2v) is 6.95. The third-order valence-corrected chi connectivity index (χ3v) is 4.70. The largest absolute Gasteiger partial charge is 0.493 e. The molecule has 0 unspecified atom stereocenters. The van der Waals surface area contributed by atoms with Crippen molar-refractivity contribution < 1.29 is 19.1 Å². The number of para-hydroxylation sites is 1. The van der Waals surface area contributed by atoms with Crippen molar-refractivity contribution >= 4 is 23.6 Å². The minimum atomic E-state index is -0.381. The van der Waals surface area contributed by atoms with E-state index < -0.39 is 0 Å². The number of methoxy groups -OCH3 is 1. The maximum atomic E-state index is 12.7. The number of rotatable bonds is 9. The van der Waals surface area contributed by atoms with E-state index in [9.17, 15) is 9.59 Å². The van der Waals surface area contributed by atoms with Crippen LogP contribution in [0.15, 0.2) is 61.1 Å². The van der Waals surface area contributed by atoms with E-state index in [2.05, 4.69) is 21.5 Å². The lowest BCUT2D eigenvalue weighted by Gasteiger charge is -2.11. The van der Waals surface area contributed by atoms with Crippen molar-refractivity contribution in [3.63, 3.8) is 0 Å². The lowest BCUT2D eigenvalue weighted by Crippen LogP contribution is -2.25. The molecular weight excluding hydrogens is 420 g/mol. The zero-order valence-corrected chi connectivity index (χ0v) is 18.4. The molecule has 3 rings (SSSR count). The Morgan fingerprint density at radius 2 is 2.03 bits per heavy atom. The van der Waals surface area contributed by atoms with Crippen LogP contribution in [0.4, 0.5) is 5.69 Å². The van der Waals surface area contributed by atoms with Gasteiger partial charge in [-0.25, -0.2) is 4.98 Å². The van der Waals surface area contributed by atoms with Gasteiger partial charge in [-0.2, -0.15) is 0 Å². The van der Waals surface area contributed by atoms with E-state index in [0.717, 1.165) is 11.3 Å². The smallest absolute Gasteiger partial charge is 0.253 e. The maximum Gasteiger partial charge on any atom is 0.253 e. The molecule has 0 aliphatic carbocycles. The van der Waals surface area contributed by atoms with Gasteiger partial charge >= 0.3 is 0 Å². The van der Waals surface area contributed by atoms with Crippen molar-refractivity contribution in [2.45, 2.75) is 6.54 Å². The molecule has 33 heavy (non-hydrogen) atoms. The van der Waals surface area contributed by atoms with Crippen molar-refractivity contribution in [2.75, 3.05) is 19.0 Å². The SMILES string of the molecule is C#CCOc1ccc(C=CC(=O)Nc2ccccc2C(=O)NCc2cncn2C)cc1OC. The normalized spacial score (nSPS) is 10.5. The van der Waals surface area contributed by atoms with Gasteiger partial charge in [0.15, 0.2) is 11.5 Å². The Morgan fingerprint density at radius 1 is 1.21 bits per heavy atom. The van der Waals surface area contributed by atoms with Gasteiger partial charge in [0, 0.05) is 19.3 Å². The predicted octanol–water partition coefficient (Wildman–Crippen LogP) is 3.02. The number of aryl methyl sites for hydroxylation is 1. The van der Waals surface area contributed by atoms with Gasteiger partial charge < -0.3 is 24.7 Å². The third-order valence-electron chi connectivity index (χ3n) is 4.70. The van der Waals surface area contributed by atoms with E-state index in [1.54, 1.807) is 61.1 Å². The number of benzene rings is 2.